The Hall–Kier alpha value is -0.0800. The molecule has 2 nitrogen and oxygen atoms in total. The van der Waals surface area contributed by atoms with E-state index in [9.17, 15) is 0 Å². The van der Waals surface area contributed by atoms with Crippen LogP contribution in [0.4, 0.5) is 0 Å². The van der Waals surface area contributed by atoms with E-state index in [1.54, 1.807) is 0 Å². The molecule has 0 amide bonds. The van der Waals surface area contributed by atoms with Gasteiger partial charge < -0.3 is 10.5 Å². The lowest BCUT2D eigenvalue weighted by molar-refractivity contribution is -0.0141. The lowest BCUT2D eigenvalue weighted by atomic mass is 10.2. The molecule has 0 atom stereocenters. The summed E-state index contributed by atoms with van der Waals surface area (Å²) in [6.07, 6.45) is 3.58. The maximum absolute atomic E-state index is 5.60. The monoisotopic (exact) mass is 145 g/mol. The van der Waals surface area contributed by atoms with Gasteiger partial charge in [0.2, 0.25) is 0 Å². The van der Waals surface area contributed by atoms with Crippen molar-refractivity contribution in [3.8, 4) is 0 Å². The SMILES string of the molecule is CCCCCOC(C)(C)N. The molecule has 0 aliphatic rings. The summed E-state index contributed by atoms with van der Waals surface area (Å²) in [5, 5.41) is 0. The normalized spacial score (nSPS) is 12.0. The van der Waals surface area contributed by atoms with Gasteiger partial charge in [-0.05, 0) is 20.3 Å². The quantitative estimate of drug-likeness (QED) is 0.473. The van der Waals surface area contributed by atoms with Crippen molar-refractivity contribution in [3.05, 3.63) is 0 Å². The second-order valence-electron chi connectivity index (χ2n) is 3.16. The molecule has 10 heavy (non-hydrogen) atoms. The van der Waals surface area contributed by atoms with Crippen LogP contribution in [0.5, 0.6) is 0 Å². The molecule has 0 aliphatic carbocycles. The predicted molar refractivity (Wildman–Crippen MR) is 43.7 cm³/mol. The van der Waals surface area contributed by atoms with Gasteiger partial charge in [-0.1, -0.05) is 19.8 Å². The Morgan fingerprint density at radius 3 is 2.30 bits per heavy atom. The Morgan fingerprint density at radius 1 is 1.30 bits per heavy atom. The summed E-state index contributed by atoms with van der Waals surface area (Å²) in [5.41, 5.74) is 5.14. The Bertz CT molecular complexity index is 75.8. The molecule has 0 radical (unpaired) electrons. The molecule has 0 aromatic heterocycles. The van der Waals surface area contributed by atoms with Crippen molar-refractivity contribution in [2.75, 3.05) is 6.61 Å². The highest BCUT2D eigenvalue weighted by Crippen LogP contribution is 2.02. The summed E-state index contributed by atoms with van der Waals surface area (Å²) < 4.78 is 5.31. The highest BCUT2D eigenvalue weighted by atomic mass is 16.5. The van der Waals surface area contributed by atoms with E-state index in [1.165, 1.54) is 12.8 Å². The van der Waals surface area contributed by atoms with Gasteiger partial charge in [0.05, 0.1) is 0 Å². The Kier molecular flexibility index (Phi) is 4.65. The number of hydrogen-bond donors (Lipinski definition) is 1. The molecule has 0 aliphatic heterocycles. The van der Waals surface area contributed by atoms with Crippen LogP contribution in [0.15, 0.2) is 0 Å². The zero-order valence-corrected chi connectivity index (χ0v) is 7.31. The molecular formula is C8H19NO. The van der Waals surface area contributed by atoms with Crippen molar-refractivity contribution < 1.29 is 4.74 Å². The molecule has 0 spiro atoms. The fourth-order valence-corrected chi connectivity index (χ4v) is 0.687. The van der Waals surface area contributed by atoms with Crippen LogP contribution in [0.3, 0.4) is 0 Å². The van der Waals surface area contributed by atoms with Crippen LogP contribution in [-0.2, 0) is 4.74 Å². The topological polar surface area (TPSA) is 35.2 Å². The van der Waals surface area contributed by atoms with Crippen molar-refractivity contribution in [1.29, 1.82) is 0 Å². The van der Waals surface area contributed by atoms with Crippen molar-refractivity contribution in [2.24, 2.45) is 5.73 Å². The molecule has 0 saturated carbocycles. The van der Waals surface area contributed by atoms with Gasteiger partial charge in [-0.2, -0.15) is 0 Å². The van der Waals surface area contributed by atoms with Crippen LogP contribution < -0.4 is 5.73 Å². The van der Waals surface area contributed by atoms with E-state index >= 15 is 0 Å². The third-order valence-electron chi connectivity index (χ3n) is 1.22. The molecule has 0 heterocycles. The summed E-state index contributed by atoms with van der Waals surface area (Å²) >= 11 is 0. The fraction of sp³-hybridized carbons (Fsp3) is 1.00. The number of hydrogen-bond acceptors (Lipinski definition) is 2. The highest BCUT2D eigenvalue weighted by Gasteiger charge is 2.08. The van der Waals surface area contributed by atoms with E-state index in [4.69, 9.17) is 10.5 Å². The summed E-state index contributed by atoms with van der Waals surface area (Å²) in [7, 11) is 0. The summed E-state index contributed by atoms with van der Waals surface area (Å²) in [6, 6.07) is 0. The van der Waals surface area contributed by atoms with Gasteiger partial charge in [-0.25, -0.2) is 0 Å². The first kappa shape index (κ1) is 9.92. The molecule has 0 aromatic carbocycles. The molecule has 62 valence electrons. The average molecular weight is 145 g/mol. The maximum atomic E-state index is 5.60. The van der Waals surface area contributed by atoms with Crippen molar-refractivity contribution in [3.63, 3.8) is 0 Å². The molecule has 0 bridgehead atoms. The Morgan fingerprint density at radius 2 is 1.90 bits per heavy atom. The number of ether oxygens (including phenoxy) is 1. The first-order chi connectivity index (χ1) is 4.56. The van der Waals surface area contributed by atoms with Crippen molar-refractivity contribution in [2.45, 2.75) is 45.8 Å². The van der Waals surface area contributed by atoms with Gasteiger partial charge in [0, 0.05) is 6.61 Å². The molecule has 0 saturated heterocycles. The Balaban J connectivity index is 3.04. The van der Waals surface area contributed by atoms with Crippen LogP contribution >= 0.6 is 0 Å². The minimum absolute atomic E-state index is 0.451. The predicted octanol–water partition coefficient (Wildman–Crippen LogP) is 1.89. The maximum Gasteiger partial charge on any atom is 0.111 e. The molecule has 0 rings (SSSR count). The van der Waals surface area contributed by atoms with Crippen LogP contribution in [0, 0.1) is 0 Å². The summed E-state index contributed by atoms with van der Waals surface area (Å²) in [4.78, 5) is 0. The van der Waals surface area contributed by atoms with Crippen LogP contribution in [0.1, 0.15) is 40.0 Å². The van der Waals surface area contributed by atoms with Crippen molar-refractivity contribution >= 4 is 0 Å². The number of unbranched alkanes of at least 4 members (excludes halogenated alkanes) is 2. The van der Waals surface area contributed by atoms with Crippen LogP contribution in [0.25, 0.3) is 0 Å². The minimum Gasteiger partial charge on any atom is -0.361 e. The first-order valence-corrected chi connectivity index (χ1v) is 3.99. The first-order valence-electron chi connectivity index (χ1n) is 3.99. The second kappa shape index (κ2) is 4.69. The fourth-order valence-electron chi connectivity index (χ4n) is 0.687. The van der Waals surface area contributed by atoms with Gasteiger partial charge in [0.1, 0.15) is 5.72 Å². The lowest BCUT2D eigenvalue weighted by Crippen LogP contribution is -2.35. The number of nitrogens with two attached hydrogens (primary N) is 1. The average Bonchev–Trinajstić information content (AvgIpc) is 1.78. The number of rotatable bonds is 5. The van der Waals surface area contributed by atoms with E-state index < -0.39 is 5.72 Å². The molecule has 2 heteroatoms. The molecule has 0 fully saturated rings. The van der Waals surface area contributed by atoms with E-state index in [2.05, 4.69) is 6.92 Å². The largest absolute Gasteiger partial charge is 0.361 e. The third kappa shape index (κ3) is 7.92. The van der Waals surface area contributed by atoms with E-state index in [1.807, 2.05) is 13.8 Å². The van der Waals surface area contributed by atoms with Gasteiger partial charge in [-0.15, -0.1) is 0 Å². The molecule has 0 aromatic rings. The Labute approximate surface area is 63.7 Å². The second-order valence-corrected chi connectivity index (χ2v) is 3.16. The highest BCUT2D eigenvalue weighted by molar-refractivity contribution is 4.55. The molecule has 2 N–H and O–H groups in total. The van der Waals surface area contributed by atoms with Crippen LogP contribution in [0.2, 0.25) is 0 Å². The van der Waals surface area contributed by atoms with Gasteiger partial charge in [0.25, 0.3) is 0 Å². The van der Waals surface area contributed by atoms with Crippen LogP contribution in [-0.4, -0.2) is 12.3 Å². The summed E-state index contributed by atoms with van der Waals surface area (Å²) in [6.45, 7) is 6.71. The standard InChI is InChI=1S/C8H19NO/c1-4-5-6-7-10-8(2,3)9/h4-7,9H2,1-3H3. The van der Waals surface area contributed by atoms with Gasteiger partial charge in [0.15, 0.2) is 0 Å². The lowest BCUT2D eigenvalue weighted by Gasteiger charge is -2.19. The van der Waals surface area contributed by atoms with Crippen molar-refractivity contribution in [1.82, 2.24) is 0 Å². The molecular weight excluding hydrogens is 126 g/mol. The minimum atomic E-state index is -0.451. The zero-order chi connectivity index (χ0) is 8.04. The molecule has 0 unspecified atom stereocenters. The van der Waals surface area contributed by atoms with E-state index in [-0.39, 0.29) is 0 Å². The van der Waals surface area contributed by atoms with E-state index in [0.29, 0.717) is 0 Å². The smallest absolute Gasteiger partial charge is 0.111 e. The van der Waals surface area contributed by atoms with E-state index in [0.717, 1.165) is 13.0 Å². The van der Waals surface area contributed by atoms with Gasteiger partial charge in [-0.3, -0.25) is 0 Å². The third-order valence-corrected chi connectivity index (χ3v) is 1.22. The van der Waals surface area contributed by atoms with Gasteiger partial charge >= 0.3 is 0 Å². The zero-order valence-electron chi connectivity index (χ0n) is 7.31. The summed E-state index contributed by atoms with van der Waals surface area (Å²) in [5.74, 6) is 0.